The lowest BCUT2D eigenvalue weighted by atomic mass is 10.1. The monoisotopic (exact) mass is 360 g/mol. The van der Waals surface area contributed by atoms with Crippen molar-refractivity contribution in [3.63, 3.8) is 0 Å². The van der Waals surface area contributed by atoms with Crippen LogP contribution in [0.4, 0.5) is 18.9 Å². The molecule has 0 aliphatic heterocycles. The van der Waals surface area contributed by atoms with Gasteiger partial charge in [0.1, 0.15) is 0 Å². The smallest absolute Gasteiger partial charge is 0.418 e. The molecule has 2 rings (SSSR count). The van der Waals surface area contributed by atoms with E-state index in [1.54, 1.807) is 18.3 Å². The standard InChI is InChI=1S/C14H12BrF3N2O/c1-21-13-6-9(4-5-19-13)8-20-12-7-10(15)2-3-11(12)14(16,17)18/h2-7,20H,8H2,1H3. The zero-order valence-corrected chi connectivity index (χ0v) is 12.6. The summed E-state index contributed by atoms with van der Waals surface area (Å²) >= 11 is 3.17. The van der Waals surface area contributed by atoms with Crippen molar-refractivity contribution >= 4 is 21.6 Å². The number of ether oxygens (including phenoxy) is 1. The number of pyridine rings is 1. The fourth-order valence-electron chi connectivity index (χ4n) is 1.78. The summed E-state index contributed by atoms with van der Waals surface area (Å²) in [5.41, 5.74) is 0.0920. The van der Waals surface area contributed by atoms with E-state index in [2.05, 4.69) is 26.2 Å². The van der Waals surface area contributed by atoms with Gasteiger partial charge >= 0.3 is 6.18 Å². The molecule has 2 aromatic rings. The topological polar surface area (TPSA) is 34.1 Å². The highest BCUT2D eigenvalue weighted by molar-refractivity contribution is 9.10. The number of nitrogens with zero attached hydrogens (tertiary/aromatic N) is 1. The number of alkyl halides is 3. The molecule has 0 amide bonds. The molecular weight excluding hydrogens is 349 g/mol. The first kappa shape index (κ1) is 15.6. The molecule has 0 bridgehead atoms. The van der Waals surface area contributed by atoms with E-state index >= 15 is 0 Å². The van der Waals surface area contributed by atoms with Crippen molar-refractivity contribution in [2.75, 3.05) is 12.4 Å². The van der Waals surface area contributed by atoms with Crippen LogP contribution in [0.25, 0.3) is 0 Å². The van der Waals surface area contributed by atoms with Crippen LogP contribution in [-0.4, -0.2) is 12.1 Å². The predicted molar refractivity (Wildman–Crippen MR) is 77.3 cm³/mol. The van der Waals surface area contributed by atoms with Crippen LogP contribution in [0, 0.1) is 0 Å². The second-order valence-corrected chi connectivity index (χ2v) is 5.16. The normalized spacial score (nSPS) is 11.3. The van der Waals surface area contributed by atoms with Gasteiger partial charge in [-0.15, -0.1) is 0 Å². The number of halogens is 4. The average Bonchev–Trinajstić information content (AvgIpc) is 2.44. The van der Waals surface area contributed by atoms with Gasteiger partial charge in [0.05, 0.1) is 12.7 Å². The minimum atomic E-state index is -4.40. The van der Waals surface area contributed by atoms with Crippen molar-refractivity contribution in [2.45, 2.75) is 12.7 Å². The lowest BCUT2D eigenvalue weighted by Gasteiger charge is -2.15. The molecule has 0 aliphatic rings. The van der Waals surface area contributed by atoms with Gasteiger partial charge in [0, 0.05) is 29.0 Å². The van der Waals surface area contributed by atoms with E-state index in [1.807, 2.05) is 0 Å². The summed E-state index contributed by atoms with van der Waals surface area (Å²) in [6.07, 6.45) is -2.86. The highest BCUT2D eigenvalue weighted by Gasteiger charge is 2.33. The van der Waals surface area contributed by atoms with Crippen LogP contribution in [-0.2, 0) is 12.7 Å². The number of methoxy groups -OCH3 is 1. The summed E-state index contributed by atoms with van der Waals surface area (Å²) in [6.45, 7) is 0.235. The number of anilines is 1. The zero-order valence-electron chi connectivity index (χ0n) is 11.0. The maximum Gasteiger partial charge on any atom is 0.418 e. The molecule has 0 spiro atoms. The predicted octanol–water partition coefficient (Wildman–Crippen LogP) is 4.48. The molecule has 7 heteroatoms. The Morgan fingerprint density at radius 2 is 2.00 bits per heavy atom. The van der Waals surface area contributed by atoms with Gasteiger partial charge in [-0.2, -0.15) is 13.2 Å². The molecule has 112 valence electrons. The maximum atomic E-state index is 12.9. The van der Waals surface area contributed by atoms with Crippen LogP contribution >= 0.6 is 15.9 Å². The van der Waals surface area contributed by atoms with E-state index in [9.17, 15) is 13.2 Å². The van der Waals surface area contributed by atoms with E-state index in [0.29, 0.717) is 10.4 Å². The Hall–Kier alpha value is -1.76. The van der Waals surface area contributed by atoms with E-state index in [-0.39, 0.29) is 12.2 Å². The number of benzene rings is 1. The molecule has 0 aliphatic carbocycles. The number of hydrogen-bond donors (Lipinski definition) is 1. The van der Waals surface area contributed by atoms with Gasteiger partial charge in [-0.3, -0.25) is 0 Å². The van der Waals surface area contributed by atoms with Crippen molar-refractivity contribution in [1.29, 1.82) is 0 Å². The maximum absolute atomic E-state index is 12.9. The van der Waals surface area contributed by atoms with Gasteiger partial charge in [-0.05, 0) is 29.8 Å². The molecule has 1 aromatic heterocycles. The molecule has 0 saturated carbocycles. The van der Waals surface area contributed by atoms with Gasteiger partial charge in [0.2, 0.25) is 5.88 Å². The fourth-order valence-corrected chi connectivity index (χ4v) is 2.14. The largest absolute Gasteiger partial charge is 0.481 e. The number of rotatable bonds is 4. The lowest BCUT2D eigenvalue weighted by molar-refractivity contribution is -0.137. The minimum absolute atomic E-state index is 0.0210. The third-order valence-electron chi connectivity index (χ3n) is 2.78. The van der Waals surface area contributed by atoms with Crippen LogP contribution in [0.3, 0.4) is 0 Å². The molecule has 3 nitrogen and oxygen atoms in total. The highest BCUT2D eigenvalue weighted by Crippen LogP contribution is 2.36. The first-order valence-electron chi connectivity index (χ1n) is 5.99. The van der Waals surface area contributed by atoms with E-state index < -0.39 is 11.7 Å². The van der Waals surface area contributed by atoms with E-state index in [1.165, 1.54) is 19.2 Å². The minimum Gasteiger partial charge on any atom is -0.481 e. The molecule has 0 atom stereocenters. The number of hydrogen-bond acceptors (Lipinski definition) is 3. The molecule has 1 heterocycles. The van der Waals surface area contributed by atoms with Crippen molar-refractivity contribution in [3.8, 4) is 5.88 Å². The summed E-state index contributed by atoms with van der Waals surface area (Å²) in [7, 11) is 1.48. The Morgan fingerprint density at radius 1 is 1.24 bits per heavy atom. The highest BCUT2D eigenvalue weighted by atomic mass is 79.9. The molecule has 21 heavy (non-hydrogen) atoms. The second-order valence-electron chi connectivity index (χ2n) is 4.25. The van der Waals surface area contributed by atoms with Gasteiger partial charge in [-0.25, -0.2) is 4.98 Å². The molecule has 0 saturated heterocycles. The Morgan fingerprint density at radius 3 is 2.67 bits per heavy atom. The van der Waals surface area contributed by atoms with Crippen molar-refractivity contribution in [2.24, 2.45) is 0 Å². The molecule has 0 fully saturated rings. The molecule has 1 N–H and O–H groups in total. The first-order valence-corrected chi connectivity index (χ1v) is 6.79. The first-order chi connectivity index (χ1) is 9.90. The fraction of sp³-hybridized carbons (Fsp3) is 0.214. The summed E-state index contributed by atoms with van der Waals surface area (Å²) in [5, 5.41) is 2.79. The van der Waals surface area contributed by atoms with Crippen LogP contribution in [0.5, 0.6) is 5.88 Å². The molecular formula is C14H12BrF3N2O. The van der Waals surface area contributed by atoms with Gasteiger partial charge in [0.15, 0.2) is 0 Å². The van der Waals surface area contributed by atoms with Crippen molar-refractivity contribution in [1.82, 2.24) is 4.98 Å². The summed E-state index contributed by atoms with van der Waals surface area (Å²) in [6, 6.07) is 7.18. The molecule has 1 aromatic carbocycles. The summed E-state index contributed by atoms with van der Waals surface area (Å²) in [5.74, 6) is 0.416. The second kappa shape index (κ2) is 6.34. The Labute approximate surface area is 128 Å². The zero-order chi connectivity index (χ0) is 15.5. The summed E-state index contributed by atoms with van der Waals surface area (Å²) < 4.78 is 44.4. The Kier molecular flexibility index (Phi) is 4.72. The van der Waals surface area contributed by atoms with Crippen LogP contribution in [0.15, 0.2) is 41.0 Å². The van der Waals surface area contributed by atoms with Crippen LogP contribution < -0.4 is 10.1 Å². The van der Waals surface area contributed by atoms with Gasteiger partial charge in [-0.1, -0.05) is 15.9 Å². The van der Waals surface area contributed by atoms with Gasteiger partial charge < -0.3 is 10.1 Å². The molecule has 0 radical (unpaired) electrons. The quantitative estimate of drug-likeness (QED) is 0.872. The van der Waals surface area contributed by atoms with E-state index in [0.717, 1.165) is 11.6 Å². The van der Waals surface area contributed by atoms with Crippen LogP contribution in [0.1, 0.15) is 11.1 Å². The SMILES string of the molecule is COc1cc(CNc2cc(Br)ccc2C(F)(F)F)ccn1. The third kappa shape index (κ3) is 4.10. The van der Waals surface area contributed by atoms with Crippen molar-refractivity contribution < 1.29 is 17.9 Å². The Balaban J connectivity index is 2.21. The Bertz CT molecular complexity index is 632. The molecule has 0 unspecified atom stereocenters. The summed E-state index contributed by atoms with van der Waals surface area (Å²) in [4.78, 5) is 3.95. The number of aromatic nitrogens is 1. The van der Waals surface area contributed by atoms with Gasteiger partial charge in [0.25, 0.3) is 0 Å². The van der Waals surface area contributed by atoms with Crippen molar-refractivity contribution in [3.05, 3.63) is 52.1 Å². The third-order valence-corrected chi connectivity index (χ3v) is 3.27. The average molecular weight is 361 g/mol. The number of nitrogens with one attached hydrogen (secondary N) is 1. The van der Waals surface area contributed by atoms with Crippen LogP contribution in [0.2, 0.25) is 0 Å². The lowest BCUT2D eigenvalue weighted by Crippen LogP contribution is -2.11. The van der Waals surface area contributed by atoms with E-state index in [4.69, 9.17) is 4.74 Å².